The Morgan fingerprint density at radius 3 is 1.85 bits per heavy atom. The lowest BCUT2D eigenvalue weighted by Gasteiger charge is -2.39. The van der Waals surface area contributed by atoms with Gasteiger partial charge in [-0.25, -0.2) is 24.2 Å². The third-order valence-corrected chi connectivity index (χ3v) is 13.3. The van der Waals surface area contributed by atoms with Crippen molar-refractivity contribution >= 4 is 45.9 Å². The van der Waals surface area contributed by atoms with Gasteiger partial charge in [0, 0.05) is 92.7 Å². The number of likely N-dealkylation sites (tertiary alicyclic amines) is 1. The minimum absolute atomic E-state index is 0.0847. The number of hydrogen-bond donors (Lipinski definition) is 0. The van der Waals surface area contributed by atoms with Crippen molar-refractivity contribution in [2.75, 3.05) is 51.8 Å². The number of fused-ring (bicyclic) bond motifs is 2. The van der Waals surface area contributed by atoms with Crippen LogP contribution in [0.15, 0.2) is 58.9 Å². The molecule has 2 fully saturated rings. The van der Waals surface area contributed by atoms with Crippen LogP contribution < -0.4 is 23.8 Å². The summed E-state index contributed by atoms with van der Waals surface area (Å²) in [5, 5.41) is 0. The molecule has 384 valence electrons. The number of nitrogens with zero attached hydrogens (tertiary/aromatic N) is 4. The molecule has 6 heterocycles. The van der Waals surface area contributed by atoms with Gasteiger partial charge in [-0.3, -0.25) is 4.90 Å². The van der Waals surface area contributed by atoms with Gasteiger partial charge in [0.05, 0.1) is 42.0 Å². The lowest BCUT2D eigenvalue weighted by molar-refractivity contribution is -0.124. The van der Waals surface area contributed by atoms with Crippen LogP contribution in [0.4, 0.5) is 15.4 Å². The van der Waals surface area contributed by atoms with Gasteiger partial charge in [0.25, 0.3) is 11.6 Å². The van der Waals surface area contributed by atoms with E-state index in [4.69, 9.17) is 47.6 Å². The van der Waals surface area contributed by atoms with Crippen LogP contribution in [0.1, 0.15) is 114 Å². The van der Waals surface area contributed by atoms with Crippen LogP contribution in [0, 0.1) is 19.8 Å². The number of piperidine rings is 1. The molecule has 0 radical (unpaired) electrons. The number of ether oxygens (including phenoxy) is 9. The van der Waals surface area contributed by atoms with Crippen LogP contribution in [0.5, 0.6) is 23.0 Å². The Morgan fingerprint density at radius 1 is 0.761 bits per heavy atom. The minimum Gasteiger partial charge on any atom is -0.465 e. The van der Waals surface area contributed by atoms with Crippen molar-refractivity contribution in [1.29, 1.82) is 0 Å². The molecule has 2 saturated heterocycles. The highest BCUT2D eigenvalue weighted by molar-refractivity contribution is 9.10. The molecule has 2 aromatic carbocycles. The van der Waals surface area contributed by atoms with Crippen molar-refractivity contribution in [3.05, 3.63) is 81.1 Å². The maximum Gasteiger partial charge on any atom is 0.414 e. The van der Waals surface area contributed by atoms with Gasteiger partial charge in [0.2, 0.25) is 0 Å². The van der Waals surface area contributed by atoms with E-state index >= 15 is 0 Å². The number of halogens is 1. The van der Waals surface area contributed by atoms with E-state index in [9.17, 15) is 19.2 Å². The van der Waals surface area contributed by atoms with E-state index in [-0.39, 0.29) is 24.2 Å². The molecule has 3 aromatic rings. The monoisotopic (exact) mass is 1050 g/mol. The number of methoxy groups -OCH3 is 2. The topological polar surface area (TPSA) is 174 Å². The number of amides is 2. The van der Waals surface area contributed by atoms with Crippen molar-refractivity contribution < 1.29 is 61.8 Å². The molecule has 0 bridgehead atoms. The van der Waals surface area contributed by atoms with E-state index in [0.29, 0.717) is 74.9 Å². The maximum absolute atomic E-state index is 12.8. The summed E-state index contributed by atoms with van der Waals surface area (Å²) in [5.74, 6) is 0.0877. The van der Waals surface area contributed by atoms with E-state index in [2.05, 4.69) is 34.7 Å². The summed E-state index contributed by atoms with van der Waals surface area (Å²) in [4.78, 5) is 59.9. The van der Waals surface area contributed by atoms with E-state index in [1.807, 2.05) is 80.5 Å². The molecule has 0 aliphatic carbocycles. The number of rotatable bonds is 6. The molecule has 5 aliphatic heterocycles. The Hall–Kier alpha value is -6.01. The van der Waals surface area contributed by atoms with E-state index in [1.165, 1.54) is 19.1 Å². The molecule has 18 heteroatoms. The maximum atomic E-state index is 12.8. The smallest absolute Gasteiger partial charge is 0.414 e. The van der Waals surface area contributed by atoms with Gasteiger partial charge < -0.3 is 52.4 Å². The third kappa shape index (κ3) is 11.5. The SMILES string of the molecule is COC(=O)c1cc(-c2ccc(N3C[C@@H](C)O[C@@H](C)C3)nc2)c2c(c1C)OC(C)(C1=CCN(C(=O)OC(C)(C)C)C=C1)O2.COC(=O)c1cc(Br)c2c(c1C)OC(C)(C1CCN(C(=O)OC(C)(C)C)CC1)O2. The number of pyridine rings is 1. The standard InChI is InChI=1S/C32H39N3O7.C21H28BrNO6/c1-19-17-35(18-20(2)39-19)26-10-9-22(16-33-26)25-15-24(29(36)38-8)21(3)27-28(25)41-32(7,40-27)23-11-13-34(14-12-23)30(37)42-31(4,5)6;1-12-14(18(24)26-6)11-15(22)17-16(12)27-21(5,28-17)13-7-9-23(10-8-13)19(25)29-20(2,3)4/h9-13,15-16,19-20H,14,17-18H2,1-8H3;11,13H,7-10H2,1-6H3/t19-,20+,32?;. The zero-order valence-corrected chi connectivity index (χ0v) is 44.9. The summed E-state index contributed by atoms with van der Waals surface area (Å²) in [6.45, 7) is 25.5. The lowest BCUT2D eigenvalue weighted by atomic mass is 9.89. The fourth-order valence-corrected chi connectivity index (χ4v) is 9.65. The number of carbonyl (C=O) groups is 4. The van der Waals surface area contributed by atoms with Crippen LogP contribution in [0.2, 0.25) is 0 Å². The second kappa shape index (κ2) is 20.2. The predicted octanol–water partition coefficient (Wildman–Crippen LogP) is 10.3. The Bertz CT molecular complexity index is 2600. The second-order valence-electron chi connectivity index (χ2n) is 20.7. The first-order valence-corrected chi connectivity index (χ1v) is 24.7. The summed E-state index contributed by atoms with van der Waals surface area (Å²) in [6.07, 6.45) is 8.03. The summed E-state index contributed by atoms with van der Waals surface area (Å²) in [7, 11) is 2.70. The van der Waals surface area contributed by atoms with Crippen molar-refractivity contribution in [2.24, 2.45) is 5.92 Å². The number of carbonyl (C=O) groups excluding carboxylic acids is 4. The van der Waals surface area contributed by atoms with Crippen molar-refractivity contribution in [2.45, 2.75) is 131 Å². The lowest BCUT2D eigenvalue weighted by Crippen LogP contribution is -2.50. The van der Waals surface area contributed by atoms with Gasteiger partial charge in [0.15, 0.2) is 23.0 Å². The first-order chi connectivity index (χ1) is 33.2. The van der Waals surface area contributed by atoms with Gasteiger partial charge >= 0.3 is 24.1 Å². The van der Waals surface area contributed by atoms with E-state index < -0.39 is 40.8 Å². The van der Waals surface area contributed by atoms with Crippen molar-refractivity contribution in [3.8, 4) is 34.1 Å². The van der Waals surface area contributed by atoms with Gasteiger partial charge in [0.1, 0.15) is 17.0 Å². The highest BCUT2D eigenvalue weighted by atomic mass is 79.9. The Labute approximate surface area is 424 Å². The fourth-order valence-electron chi connectivity index (χ4n) is 9.16. The molecule has 0 spiro atoms. The zero-order valence-electron chi connectivity index (χ0n) is 43.3. The van der Waals surface area contributed by atoms with Crippen LogP contribution >= 0.6 is 15.9 Å². The molecule has 8 rings (SSSR count). The van der Waals surface area contributed by atoms with Gasteiger partial charge in [-0.1, -0.05) is 6.08 Å². The molecular weight excluding hydrogens is 981 g/mol. The van der Waals surface area contributed by atoms with E-state index in [1.54, 1.807) is 42.4 Å². The van der Waals surface area contributed by atoms with Gasteiger partial charge in [-0.05, 0) is 128 Å². The Balaban J connectivity index is 0.000000224. The molecule has 2 unspecified atom stereocenters. The van der Waals surface area contributed by atoms with E-state index in [0.717, 1.165) is 42.9 Å². The molecular formula is C53H67BrN4O13. The third-order valence-electron chi connectivity index (χ3n) is 12.7. The molecule has 5 aliphatic rings. The summed E-state index contributed by atoms with van der Waals surface area (Å²) in [6, 6.07) is 7.40. The van der Waals surface area contributed by atoms with Crippen LogP contribution in [0.3, 0.4) is 0 Å². The first kappa shape index (κ1) is 52.8. The normalized spacial score (nSPS) is 22.8. The number of benzene rings is 2. The summed E-state index contributed by atoms with van der Waals surface area (Å²) >= 11 is 3.48. The molecule has 17 nitrogen and oxygen atoms in total. The average molecular weight is 1050 g/mol. The van der Waals surface area contributed by atoms with Crippen molar-refractivity contribution in [1.82, 2.24) is 14.8 Å². The van der Waals surface area contributed by atoms with Crippen LogP contribution in [-0.4, -0.2) is 121 Å². The first-order valence-electron chi connectivity index (χ1n) is 23.9. The second-order valence-corrected chi connectivity index (χ2v) is 21.6. The molecule has 2 amide bonds. The molecule has 0 N–H and O–H groups in total. The highest BCUT2D eigenvalue weighted by Crippen LogP contribution is 2.53. The quantitative estimate of drug-likeness (QED) is 0.168. The Kier molecular flexibility index (Phi) is 15.1. The number of anilines is 1. The number of morpholine rings is 1. The zero-order chi connectivity index (χ0) is 52.0. The summed E-state index contributed by atoms with van der Waals surface area (Å²) in [5.41, 5.74) is 3.16. The molecule has 4 atom stereocenters. The molecule has 71 heavy (non-hydrogen) atoms. The highest BCUT2D eigenvalue weighted by Gasteiger charge is 2.48. The molecule has 1 aromatic heterocycles. The Morgan fingerprint density at radius 2 is 1.31 bits per heavy atom. The van der Waals surface area contributed by atoms with Crippen molar-refractivity contribution in [3.63, 3.8) is 0 Å². The predicted molar refractivity (Wildman–Crippen MR) is 268 cm³/mol. The number of hydrogen-bond acceptors (Lipinski definition) is 15. The molecule has 0 saturated carbocycles. The van der Waals surface area contributed by atoms with Crippen LogP contribution in [0.25, 0.3) is 11.1 Å². The number of aromatic nitrogens is 1. The summed E-state index contributed by atoms with van der Waals surface area (Å²) < 4.78 is 52.9. The fraction of sp³-hybridized carbons (Fsp3) is 0.528. The van der Waals surface area contributed by atoms with Crippen LogP contribution in [-0.2, 0) is 23.7 Å². The minimum atomic E-state index is -1.19. The van der Waals surface area contributed by atoms with Gasteiger partial charge in [-0.2, -0.15) is 0 Å². The largest absolute Gasteiger partial charge is 0.465 e. The van der Waals surface area contributed by atoms with Gasteiger partial charge in [-0.15, -0.1) is 0 Å². The average Bonchev–Trinajstić information content (AvgIpc) is 3.88. The number of esters is 2.